The highest BCUT2D eigenvalue weighted by molar-refractivity contribution is 7.89. The van der Waals surface area contributed by atoms with E-state index < -0.39 is 16.0 Å². The SMILES string of the molecule is CNS(=O)(=O)c1cccc(C(=O)OCc2ccc(C(=O)Nc3ccc(OC)cc3)cc2)c1. The Morgan fingerprint density at radius 1 is 0.906 bits per heavy atom. The van der Waals surface area contributed by atoms with Gasteiger partial charge in [0.15, 0.2) is 0 Å². The van der Waals surface area contributed by atoms with E-state index in [0.29, 0.717) is 22.6 Å². The molecule has 3 aromatic rings. The monoisotopic (exact) mass is 454 g/mol. The number of benzene rings is 3. The van der Waals surface area contributed by atoms with Crippen LogP contribution >= 0.6 is 0 Å². The highest BCUT2D eigenvalue weighted by Gasteiger charge is 2.15. The van der Waals surface area contributed by atoms with Gasteiger partial charge in [0, 0.05) is 11.3 Å². The minimum Gasteiger partial charge on any atom is -0.497 e. The molecule has 0 aliphatic rings. The fourth-order valence-corrected chi connectivity index (χ4v) is 3.55. The molecule has 8 nitrogen and oxygen atoms in total. The average Bonchev–Trinajstić information content (AvgIpc) is 2.83. The van der Waals surface area contributed by atoms with Crippen LogP contribution in [0.4, 0.5) is 5.69 Å². The zero-order valence-electron chi connectivity index (χ0n) is 17.5. The molecule has 0 atom stereocenters. The summed E-state index contributed by atoms with van der Waals surface area (Å²) in [5, 5.41) is 2.79. The molecule has 3 aromatic carbocycles. The van der Waals surface area contributed by atoms with Gasteiger partial charge in [-0.3, -0.25) is 4.79 Å². The molecule has 0 unspecified atom stereocenters. The van der Waals surface area contributed by atoms with E-state index in [-0.39, 0.29) is 23.0 Å². The van der Waals surface area contributed by atoms with Crippen LogP contribution < -0.4 is 14.8 Å². The Hall–Kier alpha value is -3.69. The van der Waals surface area contributed by atoms with E-state index in [1.54, 1.807) is 55.6 Å². The number of carbonyl (C=O) groups is 2. The first-order valence-electron chi connectivity index (χ1n) is 9.57. The van der Waals surface area contributed by atoms with Crippen molar-refractivity contribution in [1.29, 1.82) is 0 Å². The van der Waals surface area contributed by atoms with Gasteiger partial charge in [0.25, 0.3) is 5.91 Å². The third-order valence-corrected chi connectivity index (χ3v) is 5.99. The number of hydrogen-bond acceptors (Lipinski definition) is 6. The Kier molecular flexibility index (Phi) is 7.24. The molecule has 166 valence electrons. The number of rotatable bonds is 8. The van der Waals surface area contributed by atoms with Crippen LogP contribution in [0.25, 0.3) is 0 Å². The van der Waals surface area contributed by atoms with Crippen molar-refractivity contribution in [2.45, 2.75) is 11.5 Å². The molecule has 0 fully saturated rings. The molecule has 32 heavy (non-hydrogen) atoms. The van der Waals surface area contributed by atoms with Crippen molar-refractivity contribution in [3.8, 4) is 5.75 Å². The maximum Gasteiger partial charge on any atom is 0.338 e. The van der Waals surface area contributed by atoms with Crippen molar-refractivity contribution in [1.82, 2.24) is 4.72 Å². The van der Waals surface area contributed by atoms with Crippen LogP contribution in [0.5, 0.6) is 5.75 Å². The smallest absolute Gasteiger partial charge is 0.338 e. The Morgan fingerprint density at radius 3 is 2.22 bits per heavy atom. The molecule has 0 saturated carbocycles. The predicted molar refractivity (Wildman–Crippen MR) is 119 cm³/mol. The van der Waals surface area contributed by atoms with Gasteiger partial charge in [0.2, 0.25) is 10.0 Å². The van der Waals surface area contributed by atoms with Crippen molar-refractivity contribution < 1.29 is 27.5 Å². The largest absolute Gasteiger partial charge is 0.497 e. The number of sulfonamides is 1. The zero-order chi connectivity index (χ0) is 23.1. The van der Waals surface area contributed by atoms with Gasteiger partial charge in [-0.2, -0.15) is 0 Å². The van der Waals surface area contributed by atoms with Crippen molar-refractivity contribution >= 4 is 27.6 Å². The van der Waals surface area contributed by atoms with E-state index in [1.807, 2.05) is 0 Å². The fraction of sp³-hybridized carbons (Fsp3) is 0.130. The first-order valence-corrected chi connectivity index (χ1v) is 11.1. The summed E-state index contributed by atoms with van der Waals surface area (Å²) in [4.78, 5) is 24.7. The minimum atomic E-state index is -3.66. The molecule has 0 aliphatic heterocycles. The van der Waals surface area contributed by atoms with Gasteiger partial charge in [-0.1, -0.05) is 18.2 Å². The predicted octanol–water partition coefficient (Wildman–Crippen LogP) is 3.21. The second-order valence-electron chi connectivity index (χ2n) is 6.69. The van der Waals surface area contributed by atoms with Crippen LogP contribution in [0.15, 0.2) is 77.7 Å². The first-order chi connectivity index (χ1) is 15.3. The van der Waals surface area contributed by atoms with E-state index in [1.165, 1.54) is 31.3 Å². The van der Waals surface area contributed by atoms with E-state index in [0.717, 1.165) is 0 Å². The Labute approximate surface area is 186 Å². The lowest BCUT2D eigenvalue weighted by atomic mass is 10.1. The summed E-state index contributed by atoms with van der Waals surface area (Å²) in [6.07, 6.45) is 0. The van der Waals surface area contributed by atoms with E-state index in [4.69, 9.17) is 9.47 Å². The molecule has 0 spiro atoms. The maximum atomic E-state index is 12.4. The van der Waals surface area contributed by atoms with Gasteiger partial charge in [-0.25, -0.2) is 17.9 Å². The molecule has 0 saturated heterocycles. The molecule has 2 N–H and O–H groups in total. The number of anilines is 1. The molecule has 0 heterocycles. The summed E-state index contributed by atoms with van der Waals surface area (Å²) in [5.74, 6) is -0.238. The van der Waals surface area contributed by atoms with Crippen molar-refractivity contribution in [3.05, 3.63) is 89.5 Å². The van der Waals surface area contributed by atoms with Gasteiger partial charge < -0.3 is 14.8 Å². The Bertz CT molecular complexity index is 1210. The molecule has 0 bridgehead atoms. The van der Waals surface area contributed by atoms with Crippen molar-refractivity contribution in [3.63, 3.8) is 0 Å². The Balaban J connectivity index is 1.59. The highest BCUT2D eigenvalue weighted by atomic mass is 32.2. The second kappa shape index (κ2) is 10.1. The highest BCUT2D eigenvalue weighted by Crippen LogP contribution is 2.17. The number of carbonyl (C=O) groups excluding carboxylic acids is 2. The normalized spacial score (nSPS) is 10.9. The summed E-state index contributed by atoms with van der Waals surface area (Å²) in [6, 6.07) is 19.2. The summed E-state index contributed by atoms with van der Waals surface area (Å²) in [5.41, 5.74) is 1.88. The molecule has 0 radical (unpaired) electrons. The van der Waals surface area contributed by atoms with Gasteiger partial charge in [0.05, 0.1) is 17.6 Å². The number of ether oxygens (including phenoxy) is 2. The number of esters is 1. The van der Waals surface area contributed by atoms with Crippen molar-refractivity contribution in [2.75, 3.05) is 19.5 Å². The molecule has 1 amide bonds. The molecule has 0 aliphatic carbocycles. The van der Waals surface area contributed by atoms with E-state index in [2.05, 4.69) is 10.0 Å². The van der Waals surface area contributed by atoms with Crippen LogP contribution in [-0.4, -0.2) is 34.5 Å². The number of hydrogen-bond donors (Lipinski definition) is 2. The van der Waals surface area contributed by atoms with Crippen molar-refractivity contribution in [2.24, 2.45) is 0 Å². The van der Waals surface area contributed by atoms with Gasteiger partial charge in [-0.15, -0.1) is 0 Å². The van der Waals surface area contributed by atoms with E-state index in [9.17, 15) is 18.0 Å². The van der Waals surface area contributed by atoms with Crippen LogP contribution in [0.2, 0.25) is 0 Å². The number of methoxy groups -OCH3 is 1. The minimum absolute atomic E-state index is 0.0256. The summed E-state index contributed by atoms with van der Waals surface area (Å²) >= 11 is 0. The number of amides is 1. The first kappa shape index (κ1) is 23.0. The summed E-state index contributed by atoms with van der Waals surface area (Å²) in [6.45, 7) is -0.0256. The van der Waals surface area contributed by atoms with Crippen LogP contribution in [0, 0.1) is 0 Å². The van der Waals surface area contributed by atoms with Gasteiger partial charge in [-0.05, 0) is 67.2 Å². The van der Waals surface area contributed by atoms with Gasteiger partial charge in [0.1, 0.15) is 12.4 Å². The maximum absolute atomic E-state index is 12.4. The number of nitrogens with one attached hydrogen (secondary N) is 2. The quantitative estimate of drug-likeness (QED) is 0.506. The molecular formula is C23H22N2O6S. The van der Waals surface area contributed by atoms with Crippen LogP contribution in [0.3, 0.4) is 0 Å². The zero-order valence-corrected chi connectivity index (χ0v) is 18.3. The van der Waals surface area contributed by atoms with Gasteiger partial charge >= 0.3 is 5.97 Å². The summed E-state index contributed by atoms with van der Waals surface area (Å²) < 4.78 is 36.3. The van der Waals surface area contributed by atoms with E-state index >= 15 is 0 Å². The lowest BCUT2D eigenvalue weighted by Crippen LogP contribution is -2.19. The second-order valence-corrected chi connectivity index (χ2v) is 8.58. The summed E-state index contributed by atoms with van der Waals surface area (Å²) in [7, 11) is -0.802. The van der Waals surface area contributed by atoms with Crippen LogP contribution in [-0.2, 0) is 21.4 Å². The fourth-order valence-electron chi connectivity index (χ4n) is 2.77. The Morgan fingerprint density at radius 2 is 1.59 bits per heavy atom. The molecule has 9 heteroatoms. The molecular weight excluding hydrogens is 432 g/mol. The standard InChI is InChI=1S/C23H22N2O6S/c1-24-32(28,29)21-5-3-4-18(14-21)23(27)31-15-16-6-8-17(9-7-16)22(26)25-19-10-12-20(30-2)13-11-19/h3-14,24H,15H2,1-2H3,(H,25,26). The van der Waals surface area contributed by atoms with Crippen LogP contribution in [0.1, 0.15) is 26.3 Å². The lowest BCUT2D eigenvalue weighted by Gasteiger charge is -2.09. The molecule has 3 rings (SSSR count). The third-order valence-electron chi connectivity index (χ3n) is 4.58. The topological polar surface area (TPSA) is 111 Å². The molecule has 0 aromatic heterocycles. The average molecular weight is 455 g/mol. The third kappa shape index (κ3) is 5.71. The lowest BCUT2D eigenvalue weighted by molar-refractivity contribution is 0.0472.